The Labute approximate surface area is 111 Å². The van der Waals surface area contributed by atoms with Crippen LogP contribution >= 0.6 is 23.4 Å². The minimum absolute atomic E-state index is 0.0288. The summed E-state index contributed by atoms with van der Waals surface area (Å²) >= 11 is 7.37. The molecular formula is C12H16ClNO2S. The third-order valence-corrected chi connectivity index (χ3v) is 3.79. The van der Waals surface area contributed by atoms with Crippen LogP contribution < -0.4 is 5.32 Å². The van der Waals surface area contributed by atoms with Crippen LogP contribution in [0, 0.1) is 0 Å². The van der Waals surface area contributed by atoms with Gasteiger partial charge in [-0.3, -0.25) is 4.79 Å². The summed E-state index contributed by atoms with van der Waals surface area (Å²) in [5, 5.41) is 12.4. The molecule has 1 rings (SSSR count). The molecule has 1 atom stereocenters. The largest absolute Gasteiger partial charge is 0.394 e. The molecule has 0 aliphatic carbocycles. The second kappa shape index (κ2) is 7.58. The number of carbonyl (C=O) groups is 1. The predicted molar refractivity (Wildman–Crippen MR) is 71.5 cm³/mol. The second-order valence-electron chi connectivity index (χ2n) is 3.57. The Morgan fingerprint density at radius 3 is 2.82 bits per heavy atom. The fraction of sp³-hybridized carbons (Fsp3) is 0.417. The van der Waals surface area contributed by atoms with Crippen molar-refractivity contribution in [1.82, 2.24) is 5.32 Å². The zero-order chi connectivity index (χ0) is 12.7. The predicted octanol–water partition coefficient (Wildman–Crippen LogP) is 2.32. The van der Waals surface area contributed by atoms with Crippen LogP contribution in [0.15, 0.2) is 29.2 Å². The minimum atomic E-state index is -0.158. The summed E-state index contributed by atoms with van der Waals surface area (Å²) in [5.41, 5.74) is 0. The monoisotopic (exact) mass is 273 g/mol. The maximum absolute atomic E-state index is 11.6. The number of benzene rings is 1. The first kappa shape index (κ1) is 14.4. The Hall–Kier alpha value is -0.710. The van der Waals surface area contributed by atoms with E-state index in [1.807, 2.05) is 25.1 Å². The van der Waals surface area contributed by atoms with E-state index in [9.17, 15) is 4.79 Å². The Kier molecular flexibility index (Phi) is 6.40. The number of hydrogen-bond donors (Lipinski definition) is 2. The van der Waals surface area contributed by atoms with Gasteiger partial charge in [-0.05, 0) is 18.6 Å². The first-order chi connectivity index (χ1) is 8.17. The van der Waals surface area contributed by atoms with Crippen LogP contribution in [0.4, 0.5) is 0 Å². The van der Waals surface area contributed by atoms with E-state index in [0.29, 0.717) is 10.8 Å². The third-order valence-electron chi connectivity index (χ3n) is 2.27. The average molecular weight is 274 g/mol. The molecule has 0 aromatic heterocycles. The SMILES string of the molecule is CCC(CO)NC(=O)CSc1ccccc1Cl. The highest BCUT2D eigenvalue weighted by Gasteiger charge is 2.10. The normalized spacial score (nSPS) is 12.2. The molecule has 0 radical (unpaired) electrons. The standard InChI is InChI=1S/C12H16ClNO2S/c1-2-9(7-15)14-12(16)8-17-11-6-4-3-5-10(11)13/h3-6,9,15H,2,7-8H2,1H3,(H,14,16). The summed E-state index contributed by atoms with van der Waals surface area (Å²) in [5.74, 6) is 0.219. The van der Waals surface area contributed by atoms with Gasteiger partial charge in [0.05, 0.1) is 23.4 Å². The number of halogens is 1. The molecule has 0 spiro atoms. The molecule has 1 unspecified atom stereocenters. The first-order valence-corrected chi connectivity index (χ1v) is 6.81. The summed E-state index contributed by atoms with van der Waals surface area (Å²) in [6, 6.07) is 7.25. The van der Waals surface area contributed by atoms with Crippen molar-refractivity contribution in [2.45, 2.75) is 24.3 Å². The van der Waals surface area contributed by atoms with Gasteiger partial charge in [0.1, 0.15) is 0 Å². The van der Waals surface area contributed by atoms with E-state index in [4.69, 9.17) is 16.7 Å². The van der Waals surface area contributed by atoms with Crippen LogP contribution in [-0.4, -0.2) is 29.4 Å². The van der Waals surface area contributed by atoms with Gasteiger partial charge in [0.15, 0.2) is 0 Å². The number of nitrogens with one attached hydrogen (secondary N) is 1. The smallest absolute Gasteiger partial charge is 0.230 e. The van der Waals surface area contributed by atoms with Gasteiger partial charge in [-0.2, -0.15) is 0 Å². The van der Waals surface area contributed by atoms with Crippen LogP contribution in [0.25, 0.3) is 0 Å². The summed E-state index contributed by atoms with van der Waals surface area (Å²) < 4.78 is 0. The Bertz CT molecular complexity index is 369. The first-order valence-electron chi connectivity index (χ1n) is 5.45. The summed E-state index contributed by atoms with van der Waals surface area (Å²) in [6.45, 7) is 1.89. The van der Waals surface area contributed by atoms with Crippen LogP contribution in [0.2, 0.25) is 5.02 Å². The highest BCUT2D eigenvalue weighted by Crippen LogP contribution is 2.26. The molecule has 0 saturated heterocycles. The topological polar surface area (TPSA) is 49.3 Å². The molecule has 0 aliphatic heterocycles. The lowest BCUT2D eigenvalue weighted by molar-refractivity contribution is -0.119. The van der Waals surface area contributed by atoms with Crippen LogP contribution in [-0.2, 0) is 4.79 Å². The zero-order valence-electron chi connectivity index (χ0n) is 9.65. The number of rotatable bonds is 6. The van der Waals surface area contributed by atoms with E-state index in [2.05, 4.69) is 5.32 Å². The van der Waals surface area contributed by atoms with Crippen molar-refractivity contribution in [3.8, 4) is 0 Å². The van der Waals surface area contributed by atoms with E-state index >= 15 is 0 Å². The van der Waals surface area contributed by atoms with E-state index < -0.39 is 0 Å². The lowest BCUT2D eigenvalue weighted by Gasteiger charge is -2.13. The molecule has 0 saturated carbocycles. The van der Waals surface area contributed by atoms with Gasteiger partial charge in [0, 0.05) is 4.90 Å². The summed E-state index contributed by atoms with van der Waals surface area (Å²) in [6.07, 6.45) is 0.721. The van der Waals surface area contributed by atoms with Crippen molar-refractivity contribution in [3.05, 3.63) is 29.3 Å². The van der Waals surface area contributed by atoms with E-state index in [1.54, 1.807) is 6.07 Å². The molecule has 2 N–H and O–H groups in total. The molecule has 5 heteroatoms. The zero-order valence-corrected chi connectivity index (χ0v) is 11.2. The van der Waals surface area contributed by atoms with E-state index in [-0.39, 0.29) is 18.6 Å². The third kappa shape index (κ3) is 4.98. The lowest BCUT2D eigenvalue weighted by atomic mass is 10.2. The minimum Gasteiger partial charge on any atom is -0.394 e. The second-order valence-corrected chi connectivity index (χ2v) is 5.00. The van der Waals surface area contributed by atoms with Crippen LogP contribution in [0.1, 0.15) is 13.3 Å². The maximum atomic E-state index is 11.6. The number of hydrogen-bond acceptors (Lipinski definition) is 3. The van der Waals surface area contributed by atoms with Crippen molar-refractivity contribution >= 4 is 29.3 Å². The van der Waals surface area contributed by atoms with Crippen molar-refractivity contribution < 1.29 is 9.90 Å². The number of thioether (sulfide) groups is 1. The van der Waals surface area contributed by atoms with Crippen molar-refractivity contribution in [1.29, 1.82) is 0 Å². The van der Waals surface area contributed by atoms with Gasteiger partial charge in [-0.15, -0.1) is 11.8 Å². The Morgan fingerprint density at radius 1 is 1.53 bits per heavy atom. The Balaban J connectivity index is 2.41. The van der Waals surface area contributed by atoms with Gasteiger partial charge < -0.3 is 10.4 Å². The number of carbonyl (C=O) groups excluding carboxylic acids is 1. The molecule has 94 valence electrons. The van der Waals surface area contributed by atoms with Crippen molar-refractivity contribution in [2.24, 2.45) is 0 Å². The molecule has 0 fully saturated rings. The maximum Gasteiger partial charge on any atom is 0.230 e. The Morgan fingerprint density at radius 2 is 2.24 bits per heavy atom. The van der Waals surface area contributed by atoms with Crippen molar-refractivity contribution in [3.63, 3.8) is 0 Å². The van der Waals surface area contributed by atoms with E-state index in [1.165, 1.54) is 11.8 Å². The van der Waals surface area contributed by atoms with Crippen LogP contribution in [0.5, 0.6) is 0 Å². The molecule has 0 bridgehead atoms. The molecule has 1 aromatic carbocycles. The molecule has 0 heterocycles. The quantitative estimate of drug-likeness (QED) is 0.782. The van der Waals surface area contributed by atoms with Crippen LogP contribution in [0.3, 0.4) is 0 Å². The fourth-order valence-corrected chi connectivity index (χ4v) is 2.30. The molecular weight excluding hydrogens is 258 g/mol. The number of aliphatic hydroxyl groups excluding tert-OH is 1. The van der Waals surface area contributed by atoms with E-state index in [0.717, 1.165) is 11.3 Å². The molecule has 1 aromatic rings. The van der Waals surface area contributed by atoms with Crippen molar-refractivity contribution in [2.75, 3.05) is 12.4 Å². The molecule has 1 amide bonds. The van der Waals surface area contributed by atoms with Gasteiger partial charge in [-0.25, -0.2) is 0 Å². The van der Waals surface area contributed by atoms with Gasteiger partial charge in [0.2, 0.25) is 5.91 Å². The van der Waals surface area contributed by atoms with Gasteiger partial charge in [0.25, 0.3) is 0 Å². The molecule has 0 aliphatic rings. The van der Waals surface area contributed by atoms with Gasteiger partial charge >= 0.3 is 0 Å². The fourth-order valence-electron chi connectivity index (χ4n) is 1.25. The lowest BCUT2D eigenvalue weighted by Crippen LogP contribution is -2.37. The number of aliphatic hydroxyl groups is 1. The number of amides is 1. The average Bonchev–Trinajstić information content (AvgIpc) is 2.35. The highest BCUT2D eigenvalue weighted by molar-refractivity contribution is 8.00. The molecule has 17 heavy (non-hydrogen) atoms. The summed E-state index contributed by atoms with van der Waals surface area (Å²) in [7, 11) is 0. The highest BCUT2D eigenvalue weighted by atomic mass is 35.5. The summed E-state index contributed by atoms with van der Waals surface area (Å²) in [4.78, 5) is 12.5. The van der Waals surface area contributed by atoms with Gasteiger partial charge in [-0.1, -0.05) is 30.7 Å². The molecule has 3 nitrogen and oxygen atoms in total.